The summed E-state index contributed by atoms with van der Waals surface area (Å²) in [6.07, 6.45) is 5.51. The monoisotopic (exact) mass is 326 g/mol. The molecule has 3 aromatic heterocycles. The molecule has 3 heterocycles. The van der Waals surface area contributed by atoms with Gasteiger partial charge in [-0.25, -0.2) is 14.6 Å². The van der Waals surface area contributed by atoms with E-state index in [-0.39, 0.29) is 0 Å². The number of rotatable bonds is 6. The van der Waals surface area contributed by atoms with Gasteiger partial charge in [-0.1, -0.05) is 0 Å². The SMILES string of the molecule is COc1c(CNCc2ccnc(-n3ccnc3C)c2)c(C)nn1C. The highest BCUT2D eigenvalue weighted by molar-refractivity contribution is 5.32. The number of imidazole rings is 1. The van der Waals surface area contributed by atoms with Crippen LogP contribution in [0.25, 0.3) is 5.82 Å². The maximum Gasteiger partial charge on any atom is 0.216 e. The van der Waals surface area contributed by atoms with Crippen molar-refractivity contribution in [2.75, 3.05) is 7.11 Å². The van der Waals surface area contributed by atoms with Crippen LogP contribution in [0.1, 0.15) is 22.6 Å². The summed E-state index contributed by atoms with van der Waals surface area (Å²) in [7, 11) is 3.56. The molecule has 0 saturated heterocycles. The number of hydrogen-bond donors (Lipinski definition) is 1. The van der Waals surface area contributed by atoms with E-state index in [2.05, 4.69) is 26.4 Å². The van der Waals surface area contributed by atoms with E-state index in [1.54, 1.807) is 18.0 Å². The van der Waals surface area contributed by atoms with E-state index in [1.807, 2.05) is 43.9 Å². The first-order valence-electron chi connectivity index (χ1n) is 7.82. The Labute approximate surface area is 141 Å². The number of aryl methyl sites for hydroxylation is 3. The van der Waals surface area contributed by atoms with Gasteiger partial charge in [-0.15, -0.1) is 0 Å². The molecule has 0 aliphatic rings. The summed E-state index contributed by atoms with van der Waals surface area (Å²) in [5.74, 6) is 2.59. The second-order valence-electron chi connectivity index (χ2n) is 5.67. The van der Waals surface area contributed by atoms with Gasteiger partial charge in [-0.05, 0) is 31.5 Å². The Balaban J connectivity index is 1.69. The quantitative estimate of drug-likeness (QED) is 0.749. The van der Waals surface area contributed by atoms with Crippen LogP contribution in [0.15, 0.2) is 30.7 Å². The van der Waals surface area contributed by atoms with E-state index in [1.165, 1.54) is 0 Å². The van der Waals surface area contributed by atoms with Crippen molar-refractivity contribution in [3.63, 3.8) is 0 Å². The maximum atomic E-state index is 5.42. The molecular formula is C17H22N6O. The van der Waals surface area contributed by atoms with Crippen molar-refractivity contribution >= 4 is 0 Å². The molecule has 0 amide bonds. The van der Waals surface area contributed by atoms with E-state index in [0.717, 1.165) is 40.9 Å². The van der Waals surface area contributed by atoms with Gasteiger partial charge in [0, 0.05) is 38.7 Å². The van der Waals surface area contributed by atoms with E-state index in [0.29, 0.717) is 6.54 Å². The Morgan fingerprint density at radius 2 is 2.00 bits per heavy atom. The lowest BCUT2D eigenvalue weighted by atomic mass is 10.2. The van der Waals surface area contributed by atoms with Gasteiger partial charge in [-0.3, -0.25) is 4.57 Å². The Morgan fingerprint density at radius 1 is 1.17 bits per heavy atom. The third kappa shape index (κ3) is 3.16. The van der Waals surface area contributed by atoms with E-state index >= 15 is 0 Å². The van der Waals surface area contributed by atoms with Crippen LogP contribution in [0.4, 0.5) is 0 Å². The summed E-state index contributed by atoms with van der Waals surface area (Å²) >= 11 is 0. The van der Waals surface area contributed by atoms with Crippen molar-refractivity contribution in [2.24, 2.45) is 7.05 Å². The van der Waals surface area contributed by atoms with Crippen LogP contribution < -0.4 is 10.1 Å². The van der Waals surface area contributed by atoms with Crippen molar-refractivity contribution in [1.29, 1.82) is 0 Å². The van der Waals surface area contributed by atoms with Gasteiger partial charge in [-0.2, -0.15) is 5.10 Å². The molecule has 0 aliphatic carbocycles. The molecular weight excluding hydrogens is 304 g/mol. The molecule has 0 unspecified atom stereocenters. The fraction of sp³-hybridized carbons (Fsp3) is 0.353. The Kier molecular flexibility index (Phi) is 4.61. The van der Waals surface area contributed by atoms with E-state index in [4.69, 9.17) is 4.74 Å². The van der Waals surface area contributed by atoms with Gasteiger partial charge in [0.25, 0.3) is 0 Å². The molecule has 7 heteroatoms. The summed E-state index contributed by atoms with van der Waals surface area (Å²) < 4.78 is 9.15. The number of nitrogens with one attached hydrogen (secondary N) is 1. The minimum Gasteiger partial charge on any atom is -0.481 e. The van der Waals surface area contributed by atoms with Gasteiger partial charge < -0.3 is 10.1 Å². The molecule has 0 saturated carbocycles. The number of hydrogen-bond acceptors (Lipinski definition) is 5. The van der Waals surface area contributed by atoms with Crippen molar-refractivity contribution < 1.29 is 4.74 Å². The fourth-order valence-electron chi connectivity index (χ4n) is 2.79. The molecule has 0 bridgehead atoms. The molecule has 0 spiro atoms. The average molecular weight is 326 g/mol. The average Bonchev–Trinajstić information content (AvgIpc) is 3.11. The largest absolute Gasteiger partial charge is 0.481 e. The maximum absolute atomic E-state index is 5.42. The highest BCUT2D eigenvalue weighted by Gasteiger charge is 2.13. The number of ether oxygens (including phenoxy) is 1. The predicted octanol–water partition coefficient (Wildman–Crippen LogP) is 1.92. The van der Waals surface area contributed by atoms with E-state index < -0.39 is 0 Å². The summed E-state index contributed by atoms with van der Waals surface area (Å²) in [4.78, 5) is 8.66. The van der Waals surface area contributed by atoms with Gasteiger partial charge in [0.1, 0.15) is 11.6 Å². The van der Waals surface area contributed by atoms with E-state index in [9.17, 15) is 0 Å². The zero-order chi connectivity index (χ0) is 17.1. The molecule has 0 aromatic carbocycles. The molecule has 1 N–H and O–H groups in total. The summed E-state index contributed by atoms with van der Waals surface area (Å²) in [6.45, 7) is 5.39. The normalized spacial score (nSPS) is 11.0. The van der Waals surface area contributed by atoms with Crippen LogP contribution in [0.5, 0.6) is 5.88 Å². The first-order chi connectivity index (χ1) is 11.6. The number of methoxy groups -OCH3 is 1. The number of aromatic nitrogens is 5. The highest BCUT2D eigenvalue weighted by Crippen LogP contribution is 2.20. The van der Waals surface area contributed by atoms with Gasteiger partial charge in [0.2, 0.25) is 5.88 Å². The van der Waals surface area contributed by atoms with Crippen molar-refractivity contribution in [3.8, 4) is 11.7 Å². The molecule has 0 aliphatic heterocycles. The number of nitrogens with zero attached hydrogens (tertiary/aromatic N) is 5. The second kappa shape index (κ2) is 6.84. The third-order valence-corrected chi connectivity index (χ3v) is 4.00. The number of pyridine rings is 1. The smallest absolute Gasteiger partial charge is 0.216 e. The zero-order valence-corrected chi connectivity index (χ0v) is 14.4. The minimum absolute atomic E-state index is 0.699. The van der Waals surface area contributed by atoms with Gasteiger partial charge >= 0.3 is 0 Å². The van der Waals surface area contributed by atoms with Crippen LogP contribution >= 0.6 is 0 Å². The Hall–Kier alpha value is -2.67. The van der Waals surface area contributed by atoms with Crippen LogP contribution in [0.3, 0.4) is 0 Å². The molecule has 7 nitrogen and oxygen atoms in total. The molecule has 3 rings (SSSR count). The topological polar surface area (TPSA) is 69.8 Å². The minimum atomic E-state index is 0.699. The lowest BCUT2D eigenvalue weighted by Gasteiger charge is -2.09. The molecule has 0 radical (unpaired) electrons. The molecule has 126 valence electrons. The molecule has 0 atom stereocenters. The summed E-state index contributed by atoms with van der Waals surface area (Å²) in [6, 6.07) is 4.07. The summed E-state index contributed by atoms with van der Waals surface area (Å²) in [5.41, 5.74) is 3.22. The lowest BCUT2D eigenvalue weighted by molar-refractivity contribution is 0.368. The van der Waals surface area contributed by atoms with Crippen molar-refractivity contribution in [2.45, 2.75) is 26.9 Å². The van der Waals surface area contributed by atoms with Gasteiger partial charge in [0.15, 0.2) is 0 Å². The predicted molar refractivity (Wildman–Crippen MR) is 91.1 cm³/mol. The fourth-order valence-corrected chi connectivity index (χ4v) is 2.79. The molecule has 24 heavy (non-hydrogen) atoms. The van der Waals surface area contributed by atoms with Crippen LogP contribution in [0.2, 0.25) is 0 Å². The lowest BCUT2D eigenvalue weighted by Crippen LogP contribution is -2.14. The molecule has 0 fully saturated rings. The van der Waals surface area contributed by atoms with Crippen molar-refractivity contribution in [1.82, 2.24) is 29.6 Å². The third-order valence-electron chi connectivity index (χ3n) is 4.00. The first-order valence-corrected chi connectivity index (χ1v) is 7.82. The van der Waals surface area contributed by atoms with Crippen LogP contribution in [-0.2, 0) is 20.1 Å². The first kappa shape index (κ1) is 16.2. The second-order valence-corrected chi connectivity index (χ2v) is 5.67. The van der Waals surface area contributed by atoms with Gasteiger partial charge in [0.05, 0.1) is 18.4 Å². The zero-order valence-electron chi connectivity index (χ0n) is 14.4. The standard InChI is InChI=1S/C17H22N6O/c1-12-15(17(24-4)22(3)21-12)11-18-10-14-5-6-20-16(9-14)23-8-7-19-13(23)2/h5-9,18H,10-11H2,1-4H3. The molecule has 3 aromatic rings. The Morgan fingerprint density at radius 3 is 2.71 bits per heavy atom. The van der Waals surface area contributed by atoms with Crippen LogP contribution in [0, 0.1) is 13.8 Å². The summed E-state index contributed by atoms with van der Waals surface area (Å²) in [5, 5.41) is 7.84. The van der Waals surface area contributed by atoms with Crippen molar-refractivity contribution in [3.05, 3.63) is 53.4 Å². The Bertz CT molecular complexity index is 835. The van der Waals surface area contributed by atoms with Crippen LogP contribution in [-0.4, -0.2) is 31.4 Å². The highest BCUT2D eigenvalue weighted by atomic mass is 16.5.